The standard InChI is InChI=1S/C16H22O2/c1-3-7-13(8-4-1)11-17-12-15-16(18-15)14-9-5-2-6-10-14/h1,3-4,7-8,14-16H,2,5-6,9-12H2/t15-,16+/m1/s1. The maximum Gasteiger partial charge on any atom is 0.108 e. The lowest BCUT2D eigenvalue weighted by Crippen LogP contribution is -2.16. The summed E-state index contributed by atoms with van der Waals surface area (Å²) < 4.78 is 11.5. The van der Waals surface area contributed by atoms with E-state index in [0.717, 1.165) is 12.5 Å². The maximum absolute atomic E-state index is 5.77. The van der Waals surface area contributed by atoms with Gasteiger partial charge in [0.05, 0.1) is 19.3 Å². The van der Waals surface area contributed by atoms with Crippen LogP contribution in [0.4, 0.5) is 0 Å². The van der Waals surface area contributed by atoms with Gasteiger partial charge in [0.2, 0.25) is 0 Å². The number of epoxide rings is 1. The van der Waals surface area contributed by atoms with E-state index in [1.54, 1.807) is 0 Å². The molecule has 0 spiro atoms. The molecule has 2 heteroatoms. The van der Waals surface area contributed by atoms with Crippen molar-refractivity contribution in [2.24, 2.45) is 5.92 Å². The normalized spacial score (nSPS) is 28.2. The van der Waals surface area contributed by atoms with E-state index in [-0.39, 0.29) is 0 Å². The van der Waals surface area contributed by atoms with Gasteiger partial charge in [0.1, 0.15) is 6.10 Å². The van der Waals surface area contributed by atoms with Gasteiger partial charge in [-0.2, -0.15) is 0 Å². The Labute approximate surface area is 109 Å². The number of ether oxygens (including phenoxy) is 2. The first kappa shape index (κ1) is 12.2. The fraction of sp³-hybridized carbons (Fsp3) is 0.625. The first-order valence-electron chi connectivity index (χ1n) is 7.20. The third-order valence-electron chi connectivity index (χ3n) is 4.13. The molecule has 2 nitrogen and oxygen atoms in total. The highest BCUT2D eigenvalue weighted by Crippen LogP contribution is 2.38. The zero-order valence-corrected chi connectivity index (χ0v) is 10.9. The molecule has 1 aliphatic carbocycles. The van der Waals surface area contributed by atoms with Gasteiger partial charge in [0, 0.05) is 0 Å². The molecule has 1 saturated carbocycles. The average molecular weight is 246 g/mol. The number of rotatable bonds is 5. The van der Waals surface area contributed by atoms with Crippen LogP contribution >= 0.6 is 0 Å². The Morgan fingerprint density at radius 1 is 1.06 bits per heavy atom. The molecule has 1 saturated heterocycles. The van der Waals surface area contributed by atoms with Gasteiger partial charge < -0.3 is 9.47 Å². The summed E-state index contributed by atoms with van der Waals surface area (Å²) in [6.45, 7) is 1.47. The van der Waals surface area contributed by atoms with E-state index in [0.29, 0.717) is 18.8 Å². The summed E-state index contributed by atoms with van der Waals surface area (Å²) in [5.74, 6) is 0.809. The lowest BCUT2D eigenvalue weighted by Gasteiger charge is -2.19. The van der Waals surface area contributed by atoms with Crippen molar-refractivity contribution in [2.75, 3.05) is 6.61 Å². The van der Waals surface area contributed by atoms with Crippen molar-refractivity contribution in [3.05, 3.63) is 35.9 Å². The van der Waals surface area contributed by atoms with Crippen LogP contribution in [0.1, 0.15) is 37.7 Å². The molecule has 2 fully saturated rings. The van der Waals surface area contributed by atoms with Gasteiger partial charge in [-0.1, -0.05) is 49.6 Å². The zero-order valence-electron chi connectivity index (χ0n) is 10.9. The molecule has 0 radical (unpaired) electrons. The fourth-order valence-corrected chi connectivity index (χ4v) is 3.04. The average Bonchev–Trinajstić information content (AvgIpc) is 3.21. The summed E-state index contributed by atoms with van der Waals surface area (Å²) in [7, 11) is 0. The Kier molecular flexibility index (Phi) is 3.96. The van der Waals surface area contributed by atoms with Crippen molar-refractivity contribution < 1.29 is 9.47 Å². The molecule has 0 unspecified atom stereocenters. The quantitative estimate of drug-likeness (QED) is 0.741. The molecule has 98 valence electrons. The van der Waals surface area contributed by atoms with Crippen molar-refractivity contribution in [1.82, 2.24) is 0 Å². The first-order chi connectivity index (χ1) is 8.93. The molecule has 2 atom stereocenters. The van der Waals surface area contributed by atoms with Crippen LogP contribution < -0.4 is 0 Å². The third-order valence-corrected chi connectivity index (χ3v) is 4.13. The number of hydrogen-bond acceptors (Lipinski definition) is 2. The van der Waals surface area contributed by atoms with Crippen LogP contribution in [-0.2, 0) is 16.1 Å². The molecule has 1 heterocycles. The summed E-state index contributed by atoms with van der Waals surface area (Å²) in [4.78, 5) is 0. The maximum atomic E-state index is 5.77. The first-order valence-corrected chi connectivity index (χ1v) is 7.20. The Balaban J connectivity index is 1.36. The molecule has 18 heavy (non-hydrogen) atoms. The predicted octanol–water partition coefficient (Wildman–Crippen LogP) is 3.55. The van der Waals surface area contributed by atoms with Gasteiger partial charge in [-0.25, -0.2) is 0 Å². The van der Waals surface area contributed by atoms with Gasteiger partial charge in [0.15, 0.2) is 0 Å². The van der Waals surface area contributed by atoms with E-state index in [1.165, 1.54) is 37.7 Å². The number of benzene rings is 1. The Morgan fingerprint density at radius 2 is 1.83 bits per heavy atom. The van der Waals surface area contributed by atoms with Crippen LogP contribution in [0.3, 0.4) is 0 Å². The lowest BCUT2D eigenvalue weighted by atomic mass is 9.86. The second-order valence-corrected chi connectivity index (χ2v) is 5.54. The molecular weight excluding hydrogens is 224 g/mol. The molecule has 1 aromatic carbocycles. The molecule has 2 aliphatic rings. The van der Waals surface area contributed by atoms with E-state index in [2.05, 4.69) is 24.3 Å². The van der Waals surface area contributed by atoms with Gasteiger partial charge in [-0.05, 0) is 24.3 Å². The third kappa shape index (κ3) is 3.12. The highest BCUT2D eigenvalue weighted by Gasteiger charge is 2.44. The van der Waals surface area contributed by atoms with Gasteiger partial charge in [-0.15, -0.1) is 0 Å². The van der Waals surface area contributed by atoms with Crippen molar-refractivity contribution >= 4 is 0 Å². The summed E-state index contributed by atoms with van der Waals surface area (Å²) >= 11 is 0. The van der Waals surface area contributed by atoms with E-state index < -0.39 is 0 Å². The molecule has 0 amide bonds. The molecule has 0 N–H and O–H groups in total. The Bertz CT molecular complexity index is 357. The molecule has 0 bridgehead atoms. The lowest BCUT2D eigenvalue weighted by molar-refractivity contribution is 0.104. The summed E-state index contributed by atoms with van der Waals surface area (Å²) in [5.41, 5.74) is 1.24. The van der Waals surface area contributed by atoms with Gasteiger partial charge in [-0.3, -0.25) is 0 Å². The Morgan fingerprint density at radius 3 is 2.61 bits per heavy atom. The zero-order chi connectivity index (χ0) is 12.2. The molecule has 0 aromatic heterocycles. The van der Waals surface area contributed by atoms with Crippen molar-refractivity contribution in [3.8, 4) is 0 Å². The second kappa shape index (κ2) is 5.85. The predicted molar refractivity (Wildman–Crippen MR) is 71.3 cm³/mol. The minimum Gasteiger partial charge on any atom is -0.374 e. The van der Waals surface area contributed by atoms with E-state index >= 15 is 0 Å². The van der Waals surface area contributed by atoms with Crippen molar-refractivity contribution in [2.45, 2.75) is 50.9 Å². The highest BCUT2D eigenvalue weighted by atomic mass is 16.6. The Hall–Kier alpha value is -0.860. The van der Waals surface area contributed by atoms with Crippen LogP contribution in [0.25, 0.3) is 0 Å². The van der Waals surface area contributed by atoms with Crippen molar-refractivity contribution in [3.63, 3.8) is 0 Å². The SMILES string of the molecule is c1ccc(COC[C@H]2O[C@H]2C2CCCCC2)cc1. The second-order valence-electron chi connectivity index (χ2n) is 5.54. The number of hydrogen-bond donors (Lipinski definition) is 0. The van der Waals surface area contributed by atoms with Crippen LogP contribution in [0.5, 0.6) is 0 Å². The highest BCUT2D eigenvalue weighted by molar-refractivity contribution is 5.13. The minimum absolute atomic E-state index is 0.372. The van der Waals surface area contributed by atoms with E-state index in [9.17, 15) is 0 Å². The smallest absolute Gasteiger partial charge is 0.108 e. The van der Waals surface area contributed by atoms with E-state index in [1.807, 2.05) is 6.07 Å². The molecular formula is C16H22O2. The van der Waals surface area contributed by atoms with Crippen LogP contribution in [0.2, 0.25) is 0 Å². The largest absolute Gasteiger partial charge is 0.374 e. The molecule has 1 aromatic rings. The fourth-order valence-electron chi connectivity index (χ4n) is 3.04. The van der Waals surface area contributed by atoms with Crippen molar-refractivity contribution in [1.29, 1.82) is 0 Å². The minimum atomic E-state index is 0.372. The monoisotopic (exact) mass is 246 g/mol. The topological polar surface area (TPSA) is 21.8 Å². The van der Waals surface area contributed by atoms with Gasteiger partial charge in [0.25, 0.3) is 0 Å². The van der Waals surface area contributed by atoms with Crippen LogP contribution in [0, 0.1) is 5.92 Å². The van der Waals surface area contributed by atoms with Crippen LogP contribution in [-0.4, -0.2) is 18.8 Å². The summed E-state index contributed by atoms with van der Waals surface area (Å²) in [6, 6.07) is 10.3. The van der Waals surface area contributed by atoms with Crippen LogP contribution in [0.15, 0.2) is 30.3 Å². The summed E-state index contributed by atoms with van der Waals surface area (Å²) in [5, 5.41) is 0. The van der Waals surface area contributed by atoms with Gasteiger partial charge >= 0.3 is 0 Å². The summed E-state index contributed by atoms with van der Waals surface area (Å²) in [6.07, 6.45) is 7.79. The molecule has 1 aliphatic heterocycles. The molecule has 3 rings (SSSR count). The van der Waals surface area contributed by atoms with E-state index in [4.69, 9.17) is 9.47 Å².